The molecule has 0 aliphatic rings. The summed E-state index contributed by atoms with van der Waals surface area (Å²) in [6.45, 7) is 5.26. The van der Waals surface area contributed by atoms with Gasteiger partial charge in [0.05, 0.1) is 0 Å². The highest BCUT2D eigenvalue weighted by Crippen LogP contribution is 2.09. The van der Waals surface area contributed by atoms with Crippen LogP contribution in [0, 0.1) is 0 Å². The summed E-state index contributed by atoms with van der Waals surface area (Å²) in [6.07, 6.45) is 4.46. The van der Waals surface area contributed by atoms with E-state index in [0.29, 0.717) is 19.5 Å². The number of hydrogen-bond acceptors (Lipinski definition) is 2. The van der Waals surface area contributed by atoms with Gasteiger partial charge in [0.15, 0.2) is 0 Å². The van der Waals surface area contributed by atoms with Gasteiger partial charge in [0.2, 0.25) is 5.91 Å². The highest BCUT2D eigenvalue weighted by atomic mass is 16.1. The van der Waals surface area contributed by atoms with E-state index < -0.39 is 0 Å². The van der Waals surface area contributed by atoms with E-state index in [1.54, 1.807) is 0 Å². The third-order valence-corrected chi connectivity index (χ3v) is 2.27. The Kier molecular flexibility index (Phi) is 4.37. The van der Waals surface area contributed by atoms with E-state index in [9.17, 15) is 4.79 Å². The number of aromatic nitrogens is 1. The molecule has 0 fully saturated rings. The van der Waals surface area contributed by atoms with Gasteiger partial charge < -0.3 is 15.6 Å². The predicted molar refractivity (Wildman–Crippen MR) is 60.3 cm³/mol. The molecule has 0 saturated carbocycles. The van der Waals surface area contributed by atoms with Gasteiger partial charge in [-0.15, -0.1) is 0 Å². The Balaban J connectivity index is 2.41. The molecule has 0 bridgehead atoms. The van der Waals surface area contributed by atoms with E-state index in [1.807, 2.05) is 36.9 Å². The highest BCUT2D eigenvalue weighted by Gasteiger charge is 2.03. The first kappa shape index (κ1) is 11.8. The molecule has 84 valence electrons. The van der Waals surface area contributed by atoms with E-state index in [2.05, 4.69) is 5.32 Å². The van der Waals surface area contributed by atoms with Crippen LogP contribution >= 0.6 is 0 Å². The SMILES string of the molecule is CCNC(=O)CCn1ccc(C(C)N)c1. The Labute approximate surface area is 90.5 Å². The number of carbonyl (C=O) groups is 1. The molecule has 0 saturated heterocycles. The van der Waals surface area contributed by atoms with Gasteiger partial charge in [0.1, 0.15) is 0 Å². The highest BCUT2D eigenvalue weighted by molar-refractivity contribution is 5.75. The van der Waals surface area contributed by atoms with Crippen molar-refractivity contribution >= 4 is 5.91 Å². The molecule has 3 N–H and O–H groups in total. The van der Waals surface area contributed by atoms with Crippen molar-refractivity contribution in [3.8, 4) is 0 Å². The lowest BCUT2D eigenvalue weighted by Gasteiger charge is -2.04. The predicted octanol–water partition coefficient (Wildman–Crippen LogP) is 1.03. The summed E-state index contributed by atoms with van der Waals surface area (Å²) in [6, 6.07) is 2.04. The van der Waals surface area contributed by atoms with Gasteiger partial charge >= 0.3 is 0 Å². The Morgan fingerprint density at radius 3 is 2.93 bits per heavy atom. The van der Waals surface area contributed by atoms with E-state index in [1.165, 1.54) is 0 Å². The summed E-state index contributed by atoms with van der Waals surface area (Å²) >= 11 is 0. The molecule has 1 heterocycles. The van der Waals surface area contributed by atoms with Crippen molar-refractivity contribution in [1.82, 2.24) is 9.88 Å². The van der Waals surface area contributed by atoms with Crippen molar-refractivity contribution in [2.75, 3.05) is 6.54 Å². The lowest BCUT2D eigenvalue weighted by molar-refractivity contribution is -0.121. The quantitative estimate of drug-likeness (QED) is 0.761. The minimum atomic E-state index is 0.0516. The molecule has 0 aromatic carbocycles. The number of carbonyl (C=O) groups excluding carboxylic acids is 1. The molecule has 15 heavy (non-hydrogen) atoms. The second kappa shape index (κ2) is 5.56. The van der Waals surface area contributed by atoms with Gasteiger partial charge in [-0.05, 0) is 25.5 Å². The summed E-state index contributed by atoms with van der Waals surface area (Å²) in [4.78, 5) is 11.2. The van der Waals surface area contributed by atoms with E-state index >= 15 is 0 Å². The van der Waals surface area contributed by atoms with Crippen LogP contribution in [-0.4, -0.2) is 17.0 Å². The lowest BCUT2D eigenvalue weighted by Crippen LogP contribution is -2.23. The summed E-state index contributed by atoms with van der Waals surface area (Å²) in [7, 11) is 0. The summed E-state index contributed by atoms with van der Waals surface area (Å²) < 4.78 is 1.99. The maximum Gasteiger partial charge on any atom is 0.221 e. The average Bonchev–Trinajstić information content (AvgIpc) is 2.63. The van der Waals surface area contributed by atoms with Crippen LogP contribution in [0.4, 0.5) is 0 Å². The van der Waals surface area contributed by atoms with E-state index in [4.69, 9.17) is 5.73 Å². The zero-order valence-corrected chi connectivity index (χ0v) is 9.36. The van der Waals surface area contributed by atoms with Crippen molar-refractivity contribution in [1.29, 1.82) is 0 Å². The monoisotopic (exact) mass is 209 g/mol. The molecule has 4 heteroatoms. The second-order valence-corrected chi connectivity index (χ2v) is 3.67. The van der Waals surface area contributed by atoms with E-state index in [-0.39, 0.29) is 11.9 Å². The number of aryl methyl sites for hydroxylation is 1. The number of nitrogens with two attached hydrogens (primary N) is 1. The minimum absolute atomic E-state index is 0.0516. The van der Waals surface area contributed by atoms with Crippen LogP contribution in [0.3, 0.4) is 0 Å². The molecule has 1 aromatic rings. The maximum absolute atomic E-state index is 11.2. The average molecular weight is 209 g/mol. The molecular formula is C11H19N3O. The molecular weight excluding hydrogens is 190 g/mol. The number of hydrogen-bond donors (Lipinski definition) is 2. The second-order valence-electron chi connectivity index (χ2n) is 3.67. The van der Waals surface area contributed by atoms with Crippen molar-refractivity contribution < 1.29 is 4.79 Å². The van der Waals surface area contributed by atoms with Gasteiger partial charge in [-0.2, -0.15) is 0 Å². The largest absolute Gasteiger partial charge is 0.356 e. The molecule has 1 amide bonds. The normalized spacial score (nSPS) is 12.5. The summed E-state index contributed by atoms with van der Waals surface area (Å²) in [5, 5.41) is 2.77. The van der Waals surface area contributed by atoms with Crippen LogP contribution in [0.25, 0.3) is 0 Å². The standard InChI is InChI=1S/C11H19N3O/c1-3-13-11(15)5-7-14-6-4-10(8-14)9(2)12/h4,6,8-9H,3,5,7,12H2,1-2H3,(H,13,15). The Morgan fingerprint density at radius 1 is 1.67 bits per heavy atom. The number of rotatable bonds is 5. The zero-order valence-electron chi connectivity index (χ0n) is 9.36. The molecule has 1 aromatic heterocycles. The van der Waals surface area contributed by atoms with Crippen molar-refractivity contribution in [2.45, 2.75) is 32.9 Å². The van der Waals surface area contributed by atoms with Crippen molar-refractivity contribution in [2.24, 2.45) is 5.73 Å². The van der Waals surface area contributed by atoms with Crippen molar-refractivity contribution in [3.63, 3.8) is 0 Å². The fraction of sp³-hybridized carbons (Fsp3) is 0.545. The van der Waals surface area contributed by atoms with Gasteiger partial charge in [0.25, 0.3) is 0 Å². The molecule has 4 nitrogen and oxygen atoms in total. The lowest BCUT2D eigenvalue weighted by atomic mass is 10.2. The molecule has 0 aliphatic carbocycles. The van der Waals surface area contributed by atoms with Crippen LogP contribution in [0.2, 0.25) is 0 Å². The maximum atomic E-state index is 11.2. The third-order valence-electron chi connectivity index (χ3n) is 2.27. The van der Waals surface area contributed by atoms with Crippen LogP contribution < -0.4 is 11.1 Å². The molecule has 0 spiro atoms. The van der Waals surface area contributed by atoms with Crippen molar-refractivity contribution in [3.05, 3.63) is 24.0 Å². The van der Waals surface area contributed by atoms with Crippen LogP contribution in [0.1, 0.15) is 31.9 Å². The first-order chi connectivity index (χ1) is 7.13. The molecule has 1 rings (SSSR count). The number of nitrogens with one attached hydrogen (secondary N) is 1. The first-order valence-corrected chi connectivity index (χ1v) is 5.31. The smallest absolute Gasteiger partial charge is 0.221 e. The fourth-order valence-electron chi connectivity index (χ4n) is 1.38. The Morgan fingerprint density at radius 2 is 2.40 bits per heavy atom. The van der Waals surface area contributed by atoms with Crippen LogP contribution in [-0.2, 0) is 11.3 Å². The number of nitrogens with zero attached hydrogens (tertiary/aromatic N) is 1. The van der Waals surface area contributed by atoms with Gasteiger partial charge in [-0.3, -0.25) is 4.79 Å². The zero-order chi connectivity index (χ0) is 11.3. The first-order valence-electron chi connectivity index (χ1n) is 5.31. The molecule has 1 unspecified atom stereocenters. The molecule has 0 aliphatic heterocycles. The third kappa shape index (κ3) is 3.75. The molecule has 1 atom stereocenters. The van der Waals surface area contributed by atoms with Crippen LogP contribution in [0.15, 0.2) is 18.5 Å². The van der Waals surface area contributed by atoms with Crippen LogP contribution in [0.5, 0.6) is 0 Å². The topological polar surface area (TPSA) is 60.0 Å². The van der Waals surface area contributed by atoms with Gasteiger partial charge in [0, 0.05) is 37.9 Å². The summed E-state index contributed by atoms with van der Waals surface area (Å²) in [5.41, 5.74) is 6.84. The Bertz CT molecular complexity index is 317. The molecule has 0 radical (unpaired) electrons. The van der Waals surface area contributed by atoms with Gasteiger partial charge in [-0.1, -0.05) is 0 Å². The Hall–Kier alpha value is -1.29. The van der Waals surface area contributed by atoms with Gasteiger partial charge in [-0.25, -0.2) is 0 Å². The minimum Gasteiger partial charge on any atom is -0.356 e. The fourth-order valence-corrected chi connectivity index (χ4v) is 1.38. The summed E-state index contributed by atoms with van der Waals surface area (Å²) in [5.74, 6) is 0.0912. The number of amides is 1. The van der Waals surface area contributed by atoms with E-state index in [0.717, 1.165) is 5.56 Å².